The van der Waals surface area contributed by atoms with Crippen LogP contribution in [-0.4, -0.2) is 12.0 Å². The van der Waals surface area contributed by atoms with Crippen molar-refractivity contribution < 1.29 is 0 Å². The summed E-state index contributed by atoms with van der Waals surface area (Å²) < 4.78 is 0. The van der Waals surface area contributed by atoms with Gasteiger partial charge in [0.15, 0.2) is 0 Å². The second kappa shape index (κ2) is 5.66. The normalized spacial score (nSPS) is 18.1. The Kier molecular flexibility index (Phi) is 3.90. The van der Waals surface area contributed by atoms with E-state index in [1.807, 2.05) is 11.3 Å². The van der Waals surface area contributed by atoms with Crippen LogP contribution in [0.15, 0.2) is 18.2 Å². The number of rotatable bonds is 3. The second-order valence-corrected chi connectivity index (χ2v) is 6.94. The number of hydrogen-bond donors (Lipinski definition) is 1. The zero-order chi connectivity index (χ0) is 14.1. The fraction of sp³-hybridized carbons (Fsp3) is 0.471. The van der Waals surface area contributed by atoms with Gasteiger partial charge in [-0.1, -0.05) is 29.3 Å². The molecule has 0 bridgehead atoms. The number of thiazole rings is 1. The summed E-state index contributed by atoms with van der Waals surface area (Å²) in [7, 11) is 2.06. The maximum absolute atomic E-state index is 4.88. The smallest absolute Gasteiger partial charge is 0.0975 e. The van der Waals surface area contributed by atoms with Gasteiger partial charge in [-0.2, -0.15) is 0 Å². The van der Waals surface area contributed by atoms with E-state index in [4.69, 9.17) is 4.98 Å². The molecule has 1 atom stereocenters. The van der Waals surface area contributed by atoms with Gasteiger partial charge in [-0.25, -0.2) is 4.98 Å². The van der Waals surface area contributed by atoms with Crippen LogP contribution in [0, 0.1) is 13.8 Å². The third-order valence-corrected chi connectivity index (χ3v) is 5.19. The van der Waals surface area contributed by atoms with Crippen molar-refractivity contribution in [1.82, 2.24) is 10.3 Å². The van der Waals surface area contributed by atoms with Crippen LogP contribution in [0.5, 0.6) is 0 Å². The molecule has 3 heteroatoms. The molecule has 0 saturated heterocycles. The first-order chi connectivity index (χ1) is 9.65. The number of benzene rings is 1. The van der Waals surface area contributed by atoms with Crippen molar-refractivity contribution in [3.8, 4) is 0 Å². The van der Waals surface area contributed by atoms with Gasteiger partial charge in [-0.15, -0.1) is 11.3 Å². The third-order valence-electron chi connectivity index (χ3n) is 3.98. The first-order valence-corrected chi connectivity index (χ1v) is 8.20. The molecule has 106 valence electrons. The van der Waals surface area contributed by atoms with Gasteiger partial charge in [0.2, 0.25) is 0 Å². The van der Waals surface area contributed by atoms with Gasteiger partial charge in [0.1, 0.15) is 0 Å². The van der Waals surface area contributed by atoms with E-state index in [2.05, 4.69) is 44.4 Å². The minimum Gasteiger partial charge on any atom is -0.312 e. The van der Waals surface area contributed by atoms with Gasteiger partial charge in [0, 0.05) is 17.3 Å². The predicted molar refractivity (Wildman–Crippen MR) is 85.6 cm³/mol. The van der Waals surface area contributed by atoms with Crippen molar-refractivity contribution in [1.29, 1.82) is 0 Å². The van der Waals surface area contributed by atoms with Crippen molar-refractivity contribution >= 4 is 11.3 Å². The van der Waals surface area contributed by atoms with Crippen molar-refractivity contribution in [2.24, 2.45) is 0 Å². The lowest BCUT2D eigenvalue weighted by atomic mass is 9.98. The van der Waals surface area contributed by atoms with Crippen LogP contribution in [0.1, 0.15) is 51.2 Å². The predicted octanol–water partition coefficient (Wildman–Crippen LogP) is 3.95. The average molecular weight is 286 g/mol. The lowest BCUT2D eigenvalue weighted by molar-refractivity contribution is 0.501. The molecule has 0 spiro atoms. The number of aromatic nitrogens is 1. The van der Waals surface area contributed by atoms with Crippen LogP contribution in [0.2, 0.25) is 0 Å². The number of hydrogen-bond acceptors (Lipinski definition) is 3. The van der Waals surface area contributed by atoms with Crippen LogP contribution in [0.25, 0.3) is 0 Å². The standard InChI is InChI=1S/C17H22N2S/c1-11-7-12(2)9-13(8-11)10-16-19-15-6-4-5-14(18-3)17(15)20-16/h7-9,14,18H,4-6,10H2,1-3H3. The van der Waals surface area contributed by atoms with Crippen molar-refractivity contribution in [3.05, 3.63) is 50.5 Å². The van der Waals surface area contributed by atoms with Gasteiger partial charge in [0.05, 0.1) is 10.7 Å². The molecule has 0 saturated carbocycles. The van der Waals surface area contributed by atoms with Gasteiger partial charge >= 0.3 is 0 Å². The minimum absolute atomic E-state index is 0.518. The van der Waals surface area contributed by atoms with E-state index in [0.29, 0.717) is 6.04 Å². The molecule has 20 heavy (non-hydrogen) atoms. The quantitative estimate of drug-likeness (QED) is 0.924. The Morgan fingerprint density at radius 1 is 1.25 bits per heavy atom. The highest BCUT2D eigenvalue weighted by Crippen LogP contribution is 2.34. The molecular weight excluding hydrogens is 264 g/mol. The largest absolute Gasteiger partial charge is 0.312 e. The highest BCUT2D eigenvalue weighted by atomic mass is 32.1. The maximum Gasteiger partial charge on any atom is 0.0975 e. The zero-order valence-corrected chi connectivity index (χ0v) is 13.3. The number of aryl methyl sites for hydroxylation is 3. The molecule has 2 aromatic rings. The summed E-state index contributed by atoms with van der Waals surface area (Å²) in [6.07, 6.45) is 4.62. The van der Waals surface area contributed by atoms with Gasteiger partial charge in [0.25, 0.3) is 0 Å². The summed E-state index contributed by atoms with van der Waals surface area (Å²) in [6, 6.07) is 7.31. The van der Waals surface area contributed by atoms with Crippen LogP contribution in [0.4, 0.5) is 0 Å². The van der Waals surface area contributed by atoms with Crippen LogP contribution in [0.3, 0.4) is 0 Å². The molecule has 1 heterocycles. The van der Waals surface area contributed by atoms with Crippen molar-refractivity contribution in [2.75, 3.05) is 7.05 Å². The summed E-state index contributed by atoms with van der Waals surface area (Å²) in [6.45, 7) is 4.33. The first kappa shape index (κ1) is 13.8. The minimum atomic E-state index is 0.518. The van der Waals surface area contributed by atoms with E-state index < -0.39 is 0 Å². The van der Waals surface area contributed by atoms with Gasteiger partial charge in [-0.3, -0.25) is 0 Å². The summed E-state index contributed by atoms with van der Waals surface area (Å²) in [5.41, 5.74) is 5.40. The topological polar surface area (TPSA) is 24.9 Å². The SMILES string of the molecule is CNC1CCCc2nc(Cc3cc(C)cc(C)c3)sc21. The third kappa shape index (κ3) is 2.79. The molecular formula is C17H22N2S. The van der Waals surface area contributed by atoms with Gasteiger partial charge < -0.3 is 5.32 Å². The molecule has 0 aliphatic heterocycles. The fourth-order valence-electron chi connectivity index (χ4n) is 3.17. The molecule has 1 aliphatic carbocycles. The molecule has 1 aliphatic rings. The summed E-state index contributed by atoms with van der Waals surface area (Å²) in [5.74, 6) is 0. The summed E-state index contributed by atoms with van der Waals surface area (Å²) >= 11 is 1.90. The van der Waals surface area contributed by atoms with Crippen LogP contribution >= 0.6 is 11.3 Å². The van der Waals surface area contributed by atoms with Crippen molar-refractivity contribution in [2.45, 2.75) is 45.6 Å². The van der Waals surface area contributed by atoms with E-state index in [9.17, 15) is 0 Å². The van der Waals surface area contributed by atoms with Crippen LogP contribution < -0.4 is 5.32 Å². The average Bonchev–Trinajstić information content (AvgIpc) is 2.79. The molecule has 0 radical (unpaired) electrons. The zero-order valence-electron chi connectivity index (χ0n) is 12.5. The Bertz CT molecular complexity index is 595. The maximum atomic E-state index is 4.88. The Morgan fingerprint density at radius 2 is 2.00 bits per heavy atom. The van der Waals surface area contributed by atoms with E-state index in [0.717, 1.165) is 12.8 Å². The Balaban J connectivity index is 1.86. The Hall–Kier alpha value is -1.19. The molecule has 2 nitrogen and oxygen atoms in total. The highest BCUT2D eigenvalue weighted by molar-refractivity contribution is 7.11. The second-order valence-electron chi connectivity index (χ2n) is 5.82. The molecule has 0 fully saturated rings. The molecule has 3 rings (SSSR count). The Morgan fingerprint density at radius 3 is 2.70 bits per heavy atom. The summed E-state index contributed by atoms with van der Waals surface area (Å²) in [5, 5.41) is 4.69. The van der Waals surface area contributed by atoms with E-state index in [1.54, 1.807) is 0 Å². The molecule has 1 unspecified atom stereocenters. The summed E-state index contributed by atoms with van der Waals surface area (Å²) in [4.78, 5) is 6.35. The fourth-order valence-corrected chi connectivity index (χ4v) is 4.46. The molecule has 1 aromatic heterocycles. The molecule has 1 N–H and O–H groups in total. The van der Waals surface area contributed by atoms with E-state index in [1.165, 1.54) is 45.1 Å². The first-order valence-electron chi connectivity index (χ1n) is 7.38. The molecule has 1 aromatic carbocycles. The lowest BCUT2D eigenvalue weighted by Crippen LogP contribution is -2.19. The molecule has 0 amide bonds. The highest BCUT2D eigenvalue weighted by Gasteiger charge is 2.23. The van der Waals surface area contributed by atoms with Gasteiger partial charge in [-0.05, 0) is 45.7 Å². The number of fused-ring (bicyclic) bond motifs is 1. The number of nitrogens with zero attached hydrogens (tertiary/aromatic N) is 1. The lowest BCUT2D eigenvalue weighted by Gasteiger charge is -2.20. The van der Waals surface area contributed by atoms with Crippen molar-refractivity contribution in [3.63, 3.8) is 0 Å². The number of nitrogens with one attached hydrogen (secondary N) is 1. The monoisotopic (exact) mass is 286 g/mol. The van der Waals surface area contributed by atoms with E-state index >= 15 is 0 Å². The van der Waals surface area contributed by atoms with E-state index in [-0.39, 0.29) is 0 Å². The van der Waals surface area contributed by atoms with Crippen LogP contribution in [-0.2, 0) is 12.8 Å². The Labute approximate surface area is 125 Å².